The van der Waals surface area contributed by atoms with Crippen LogP contribution in [0.3, 0.4) is 0 Å². The smallest absolute Gasteiger partial charge is 0.243 e. The van der Waals surface area contributed by atoms with E-state index in [1.54, 1.807) is 19.1 Å². The maximum atomic E-state index is 12.8. The van der Waals surface area contributed by atoms with Crippen molar-refractivity contribution in [3.63, 3.8) is 0 Å². The first kappa shape index (κ1) is 15.2. The Morgan fingerprint density at radius 1 is 1.25 bits per heavy atom. The van der Waals surface area contributed by atoms with Gasteiger partial charge in [0.05, 0.1) is 10.9 Å². The fraction of sp³-hybridized carbons (Fsp3) is 0.533. The van der Waals surface area contributed by atoms with Crippen LogP contribution in [-0.2, 0) is 14.8 Å². The van der Waals surface area contributed by atoms with Gasteiger partial charge in [0.2, 0.25) is 10.0 Å². The van der Waals surface area contributed by atoms with E-state index in [1.165, 1.54) is 11.2 Å². The van der Waals surface area contributed by atoms with Crippen molar-refractivity contribution in [2.45, 2.75) is 51.0 Å². The van der Waals surface area contributed by atoms with Crippen LogP contribution in [0.25, 0.3) is 0 Å². The first-order valence-corrected chi connectivity index (χ1v) is 8.37. The van der Waals surface area contributed by atoms with Crippen LogP contribution >= 0.6 is 0 Å². The van der Waals surface area contributed by atoms with Crippen LogP contribution < -0.4 is 0 Å². The molecule has 1 aromatic carbocycles. The number of carbonyl (C=O) groups excluding carboxylic acids is 1. The second-order valence-electron chi connectivity index (χ2n) is 5.51. The zero-order chi connectivity index (χ0) is 14.9. The highest BCUT2D eigenvalue weighted by Gasteiger charge is 2.36. The number of sulfonamides is 1. The van der Waals surface area contributed by atoms with Crippen LogP contribution in [-0.4, -0.2) is 31.1 Å². The Morgan fingerprint density at radius 2 is 1.95 bits per heavy atom. The van der Waals surface area contributed by atoms with Crippen LogP contribution in [0.15, 0.2) is 23.1 Å². The fourth-order valence-electron chi connectivity index (χ4n) is 2.81. The van der Waals surface area contributed by atoms with Gasteiger partial charge >= 0.3 is 0 Å². The summed E-state index contributed by atoms with van der Waals surface area (Å²) in [4.78, 5) is 12.0. The number of piperidine rings is 1. The third kappa shape index (κ3) is 2.79. The zero-order valence-corrected chi connectivity index (χ0v) is 13.0. The van der Waals surface area contributed by atoms with Crippen molar-refractivity contribution >= 4 is 15.8 Å². The fourth-order valence-corrected chi connectivity index (χ4v) is 4.73. The van der Waals surface area contributed by atoms with E-state index in [0.717, 1.165) is 24.0 Å². The average molecular weight is 295 g/mol. The first-order chi connectivity index (χ1) is 9.34. The van der Waals surface area contributed by atoms with Crippen molar-refractivity contribution < 1.29 is 13.2 Å². The molecule has 110 valence electrons. The van der Waals surface area contributed by atoms with Gasteiger partial charge in [-0.15, -0.1) is 0 Å². The highest BCUT2D eigenvalue weighted by molar-refractivity contribution is 7.89. The van der Waals surface area contributed by atoms with Crippen LogP contribution in [0.5, 0.6) is 0 Å². The Kier molecular flexibility index (Phi) is 4.30. The molecule has 20 heavy (non-hydrogen) atoms. The van der Waals surface area contributed by atoms with Gasteiger partial charge in [0, 0.05) is 6.54 Å². The topological polar surface area (TPSA) is 54.5 Å². The molecule has 1 aliphatic rings. The van der Waals surface area contributed by atoms with Crippen molar-refractivity contribution in [3.8, 4) is 0 Å². The maximum absolute atomic E-state index is 12.8. The predicted octanol–water partition coefficient (Wildman–Crippen LogP) is 2.44. The highest BCUT2D eigenvalue weighted by Crippen LogP contribution is 2.27. The molecule has 0 bridgehead atoms. The van der Waals surface area contributed by atoms with Crippen LogP contribution in [0.1, 0.15) is 37.3 Å². The second kappa shape index (κ2) is 5.66. The van der Waals surface area contributed by atoms with E-state index in [1.807, 2.05) is 13.0 Å². The Morgan fingerprint density at radius 3 is 2.55 bits per heavy atom. The number of Topliss-reactive ketones (excluding diaryl/α,β-unsaturated/α-hetero) is 1. The summed E-state index contributed by atoms with van der Waals surface area (Å²) in [5.74, 6) is -0.0713. The number of benzene rings is 1. The molecule has 0 amide bonds. The molecule has 1 unspecified atom stereocenters. The van der Waals surface area contributed by atoms with Crippen molar-refractivity contribution in [1.82, 2.24) is 4.31 Å². The minimum atomic E-state index is -3.59. The van der Waals surface area contributed by atoms with E-state index in [-0.39, 0.29) is 5.78 Å². The molecule has 1 aromatic rings. The monoisotopic (exact) mass is 295 g/mol. The number of hydrogen-bond donors (Lipinski definition) is 0. The standard InChI is InChI=1S/C15H21NO3S/c1-11-7-8-15(12(2)10-11)20(18,19)16-9-5-4-6-14(16)13(3)17/h7-8,10,14H,4-6,9H2,1-3H3. The van der Waals surface area contributed by atoms with Crippen LogP contribution in [0.4, 0.5) is 0 Å². The molecule has 4 nitrogen and oxygen atoms in total. The second-order valence-corrected chi connectivity index (χ2v) is 7.37. The summed E-state index contributed by atoms with van der Waals surface area (Å²) in [5.41, 5.74) is 1.76. The van der Waals surface area contributed by atoms with Gasteiger partial charge in [-0.05, 0) is 45.2 Å². The Balaban J connectivity index is 2.45. The van der Waals surface area contributed by atoms with Gasteiger partial charge in [0.25, 0.3) is 0 Å². The molecule has 1 saturated heterocycles. The minimum Gasteiger partial charge on any atom is -0.298 e. The summed E-state index contributed by atoms with van der Waals surface area (Å²) in [6.07, 6.45) is 2.34. The molecule has 0 spiro atoms. The first-order valence-electron chi connectivity index (χ1n) is 6.93. The average Bonchev–Trinajstić information content (AvgIpc) is 2.38. The minimum absolute atomic E-state index is 0.0713. The summed E-state index contributed by atoms with van der Waals surface area (Å²) in [6.45, 7) is 5.63. The number of ketones is 1. The van der Waals surface area contributed by atoms with E-state index < -0.39 is 16.1 Å². The van der Waals surface area contributed by atoms with E-state index in [0.29, 0.717) is 17.9 Å². The van der Waals surface area contributed by atoms with Gasteiger partial charge in [0.1, 0.15) is 5.78 Å². The van der Waals surface area contributed by atoms with E-state index >= 15 is 0 Å². The van der Waals surface area contributed by atoms with Gasteiger partial charge < -0.3 is 0 Å². The molecule has 1 aliphatic heterocycles. The number of hydrogen-bond acceptors (Lipinski definition) is 3. The normalized spacial score (nSPS) is 20.9. The van der Waals surface area contributed by atoms with Crippen LogP contribution in [0.2, 0.25) is 0 Å². The molecule has 0 aliphatic carbocycles. The van der Waals surface area contributed by atoms with Crippen molar-refractivity contribution in [2.75, 3.05) is 6.54 Å². The molecular weight excluding hydrogens is 274 g/mol. The molecular formula is C15H21NO3S. The molecule has 0 saturated carbocycles. The number of carbonyl (C=O) groups is 1. The molecule has 1 heterocycles. The molecule has 0 radical (unpaired) electrons. The summed E-state index contributed by atoms with van der Waals surface area (Å²) < 4.78 is 27.0. The SMILES string of the molecule is CC(=O)C1CCCCN1S(=O)(=O)c1ccc(C)cc1C. The maximum Gasteiger partial charge on any atom is 0.243 e. The Bertz CT molecular complexity index is 622. The van der Waals surface area contributed by atoms with E-state index in [4.69, 9.17) is 0 Å². The third-order valence-electron chi connectivity index (χ3n) is 3.84. The molecule has 2 rings (SSSR count). The lowest BCUT2D eigenvalue weighted by molar-refractivity contribution is -0.121. The number of aryl methyl sites for hydroxylation is 2. The predicted molar refractivity (Wildman–Crippen MR) is 78.1 cm³/mol. The highest BCUT2D eigenvalue weighted by atomic mass is 32.2. The third-order valence-corrected chi connectivity index (χ3v) is 5.91. The van der Waals surface area contributed by atoms with Crippen LogP contribution in [0, 0.1) is 13.8 Å². The van der Waals surface area contributed by atoms with Gasteiger partial charge in [-0.25, -0.2) is 8.42 Å². The van der Waals surface area contributed by atoms with Crippen molar-refractivity contribution in [2.24, 2.45) is 0 Å². The van der Waals surface area contributed by atoms with Gasteiger partial charge in [-0.1, -0.05) is 24.1 Å². The Hall–Kier alpha value is -1.20. The van der Waals surface area contributed by atoms with Crippen molar-refractivity contribution in [3.05, 3.63) is 29.3 Å². The lowest BCUT2D eigenvalue weighted by Gasteiger charge is -2.33. The van der Waals surface area contributed by atoms with E-state index in [2.05, 4.69) is 0 Å². The molecule has 0 aromatic heterocycles. The van der Waals surface area contributed by atoms with Gasteiger partial charge in [0.15, 0.2) is 0 Å². The number of rotatable bonds is 3. The molecule has 0 N–H and O–H groups in total. The summed E-state index contributed by atoms with van der Waals surface area (Å²) >= 11 is 0. The van der Waals surface area contributed by atoms with E-state index in [9.17, 15) is 13.2 Å². The van der Waals surface area contributed by atoms with Gasteiger partial charge in [-0.2, -0.15) is 4.31 Å². The molecule has 1 atom stereocenters. The lowest BCUT2D eigenvalue weighted by Crippen LogP contribution is -2.47. The summed E-state index contributed by atoms with van der Waals surface area (Å²) in [5, 5.41) is 0. The Labute approximate surface area is 120 Å². The molecule has 5 heteroatoms. The van der Waals surface area contributed by atoms with Crippen molar-refractivity contribution in [1.29, 1.82) is 0 Å². The largest absolute Gasteiger partial charge is 0.298 e. The number of nitrogens with zero attached hydrogens (tertiary/aromatic N) is 1. The van der Waals surface area contributed by atoms with Gasteiger partial charge in [-0.3, -0.25) is 4.79 Å². The lowest BCUT2D eigenvalue weighted by atomic mass is 10.0. The summed E-state index contributed by atoms with van der Waals surface area (Å²) in [6, 6.07) is 4.80. The zero-order valence-electron chi connectivity index (χ0n) is 12.2. The summed E-state index contributed by atoms with van der Waals surface area (Å²) in [7, 11) is -3.59. The molecule has 1 fully saturated rings. The quantitative estimate of drug-likeness (QED) is 0.860.